The lowest BCUT2D eigenvalue weighted by Gasteiger charge is -2.09. The Bertz CT molecular complexity index is 263. The summed E-state index contributed by atoms with van der Waals surface area (Å²) in [4.78, 5) is 11.3. The van der Waals surface area contributed by atoms with Gasteiger partial charge in [-0.15, -0.1) is 10.2 Å². The first-order valence-electron chi connectivity index (χ1n) is 3.68. The third-order valence-corrected chi connectivity index (χ3v) is 1.98. The lowest BCUT2D eigenvalue weighted by Crippen LogP contribution is -2.17. The van der Waals surface area contributed by atoms with E-state index in [9.17, 15) is 4.79 Å². The number of aromatic nitrogens is 2. The molecule has 1 atom stereocenters. The van der Waals surface area contributed by atoms with E-state index in [1.807, 2.05) is 0 Å². The van der Waals surface area contributed by atoms with Crippen molar-refractivity contribution in [1.82, 2.24) is 10.2 Å². The molecule has 0 fully saturated rings. The summed E-state index contributed by atoms with van der Waals surface area (Å²) < 4.78 is 9.70. The second-order valence-electron chi connectivity index (χ2n) is 2.10. The molecule has 0 saturated carbocycles. The van der Waals surface area contributed by atoms with Crippen LogP contribution in [0.25, 0.3) is 0 Å². The third kappa shape index (κ3) is 2.46. The molecule has 0 spiro atoms. The Labute approximate surface area is 79.7 Å². The maximum atomic E-state index is 11.3. The standard InChI is InChI=1S/C7H9N2O3S/c1-3-12-7(10)5(11-2)6-9-8-4-13-6/h5H,3H2,1-2H3. The smallest absolute Gasteiger partial charge is 0.342 e. The van der Waals surface area contributed by atoms with Crippen LogP contribution in [0.1, 0.15) is 18.0 Å². The molecule has 1 aromatic rings. The highest BCUT2D eigenvalue weighted by molar-refractivity contribution is 7.08. The fourth-order valence-corrected chi connectivity index (χ4v) is 1.34. The highest BCUT2D eigenvalue weighted by atomic mass is 32.1. The highest BCUT2D eigenvalue weighted by Gasteiger charge is 2.24. The molecule has 0 saturated heterocycles. The van der Waals surface area contributed by atoms with Crippen LogP contribution in [-0.2, 0) is 14.3 Å². The van der Waals surface area contributed by atoms with Crippen LogP contribution in [0, 0.1) is 5.51 Å². The SMILES string of the molecule is CCOC(=O)C(OC)c1nn[c]s1. The van der Waals surface area contributed by atoms with Crippen molar-refractivity contribution in [3.8, 4) is 0 Å². The first-order chi connectivity index (χ1) is 6.29. The van der Waals surface area contributed by atoms with Gasteiger partial charge in [-0.2, -0.15) is 0 Å². The van der Waals surface area contributed by atoms with Crippen molar-refractivity contribution in [1.29, 1.82) is 0 Å². The Morgan fingerprint density at radius 3 is 3.00 bits per heavy atom. The van der Waals surface area contributed by atoms with E-state index in [-0.39, 0.29) is 0 Å². The van der Waals surface area contributed by atoms with Gasteiger partial charge in [0.15, 0.2) is 10.5 Å². The number of nitrogens with zero attached hydrogens (tertiary/aromatic N) is 2. The summed E-state index contributed by atoms with van der Waals surface area (Å²) in [5.74, 6) is -0.449. The first kappa shape index (κ1) is 10.1. The number of esters is 1. The van der Waals surface area contributed by atoms with Crippen LogP contribution in [-0.4, -0.2) is 29.9 Å². The van der Waals surface area contributed by atoms with Gasteiger partial charge in [-0.3, -0.25) is 0 Å². The summed E-state index contributed by atoms with van der Waals surface area (Å²) in [6.45, 7) is 2.05. The molecule has 5 nitrogen and oxygen atoms in total. The number of methoxy groups -OCH3 is 1. The number of hydrogen-bond donors (Lipinski definition) is 0. The first-order valence-corrected chi connectivity index (χ1v) is 4.50. The number of hydrogen-bond acceptors (Lipinski definition) is 6. The van der Waals surface area contributed by atoms with E-state index in [1.165, 1.54) is 7.11 Å². The van der Waals surface area contributed by atoms with E-state index >= 15 is 0 Å². The number of ether oxygens (including phenoxy) is 2. The van der Waals surface area contributed by atoms with Crippen LogP contribution in [0.2, 0.25) is 0 Å². The van der Waals surface area contributed by atoms with Gasteiger partial charge in [0.1, 0.15) is 0 Å². The Kier molecular flexibility index (Phi) is 3.78. The van der Waals surface area contributed by atoms with Gasteiger partial charge >= 0.3 is 5.97 Å². The summed E-state index contributed by atoms with van der Waals surface area (Å²) in [5.41, 5.74) is 2.53. The minimum atomic E-state index is -0.774. The Morgan fingerprint density at radius 1 is 1.77 bits per heavy atom. The van der Waals surface area contributed by atoms with E-state index in [0.29, 0.717) is 11.6 Å². The number of rotatable bonds is 4. The van der Waals surface area contributed by atoms with E-state index in [4.69, 9.17) is 9.47 Å². The average Bonchev–Trinajstić information content (AvgIpc) is 2.59. The summed E-state index contributed by atoms with van der Waals surface area (Å²) in [6, 6.07) is 0. The molecule has 1 heterocycles. The lowest BCUT2D eigenvalue weighted by molar-refractivity contribution is -0.155. The summed E-state index contributed by atoms with van der Waals surface area (Å²) in [5, 5.41) is 7.63. The van der Waals surface area contributed by atoms with Gasteiger partial charge in [0, 0.05) is 7.11 Å². The van der Waals surface area contributed by atoms with Crippen molar-refractivity contribution < 1.29 is 14.3 Å². The van der Waals surface area contributed by atoms with Crippen LogP contribution < -0.4 is 0 Å². The molecule has 1 rings (SSSR count). The molecule has 0 aromatic carbocycles. The minimum absolute atomic E-state index is 0.321. The molecule has 0 N–H and O–H groups in total. The molecular weight excluding hydrogens is 192 g/mol. The summed E-state index contributed by atoms with van der Waals surface area (Å²) in [7, 11) is 1.42. The monoisotopic (exact) mass is 201 g/mol. The van der Waals surface area contributed by atoms with Gasteiger partial charge in [0.2, 0.25) is 6.10 Å². The van der Waals surface area contributed by atoms with Crippen molar-refractivity contribution in [3.05, 3.63) is 10.5 Å². The van der Waals surface area contributed by atoms with E-state index < -0.39 is 12.1 Å². The van der Waals surface area contributed by atoms with Crippen molar-refractivity contribution in [3.63, 3.8) is 0 Å². The molecule has 1 aromatic heterocycles. The topological polar surface area (TPSA) is 61.3 Å². The maximum Gasteiger partial charge on any atom is 0.342 e. The van der Waals surface area contributed by atoms with Crippen molar-refractivity contribution in [2.75, 3.05) is 13.7 Å². The predicted molar refractivity (Wildman–Crippen MR) is 45.1 cm³/mol. The zero-order chi connectivity index (χ0) is 9.68. The quantitative estimate of drug-likeness (QED) is 0.667. The molecular formula is C7H9N2O3S. The van der Waals surface area contributed by atoms with Crippen LogP contribution in [0.3, 0.4) is 0 Å². The molecule has 0 aliphatic carbocycles. The van der Waals surface area contributed by atoms with Crippen molar-refractivity contribution in [2.45, 2.75) is 13.0 Å². The van der Waals surface area contributed by atoms with Crippen LogP contribution in [0.5, 0.6) is 0 Å². The predicted octanol–water partition coefficient (Wildman–Crippen LogP) is 0.589. The molecule has 0 bridgehead atoms. The van der Waals surface area contributed by atoms with Gasteiger partial charge in [0.05, 0.1) is 6.61 Å². The molecule has 0 amide bonds. The molecule has 1 radical (unpaired) electrons. The fraction of sp³-hybridized carbons (Fsp3) is 0.571. The van der Waals surface area contributed by atoms with E-state index in [2.05, 4.69) is 15.7 Å². The van der Waals surface area contributed by atoms with Gasteiger partial charge in [-0.05, 0) is 6.92 Å². The van der Waals surface area contributed by atoms with E-state index in [1.54, 1.807) is 6.92 Å². The summed E-state index contributed by atoms with van der Waals surface area (Å²) in [6.07, 6.45) is -0.774. The van der Waals surface area contributed by atoms with Crippen LogP contribution in [0.4, 0.5) is 0 Å². The van der Waals surface area contributed by atoms with Crippen molar-refractivity contribution >= 4 is 17.3 Å². The minimum Gasteiger partial charge on any atom is -0.464 e. The van der Waals surface area contributed by atoms with Gasteiger partial charge in [-0.25, -0.2) is 4.79 Å². The second kappa shape index (κ2) is 4.88. The van der Waals surface area contributed by atoms with Crippen LogP contribution >= 0.6 is 11.3 Å². The number of carbonyl (C=O) groups excluding carboxylic acids is 1. The highest BCUT2D eigenvalue weighted by Crippen LogP contribution is 2.18. The molecule has 0 aliphatic heterocycles. The Balaban J connectivity index is 2.68. The fourth-order valence-electron chi connectivity index (χ4n) is 0.779. The number of carbonyl (C=O) groups is 1. The normalized spacial score (nSPS) is 12.5. The van der Waals surface area contributed by atoms with Crippen molar-refractivity contribution in [2.24, 2.45) is 0 Å². The average molecular weight is 201 g/mol. The van der Waals surface area contributed by atoms with Gasteiger partial charge in [0.25, 0.3) is 0 Å². The molecule has 13 heavy (non-hydrogen) atoms. The largest absolute Gasteiger partial charge is 0.464 e. The Hall–Kier alpha value is -1.01. The maximum absolute atomic E-state index is 11.3. The molecule has 6 heteroatoms. The second-order valence-corrected chi connectivity index (χ2v) is 2.90. The van der Waals surface area contributed by atoms with E-state index in [0.717, 1.165) is 11.3 Å². The lowest BCUT2D eigenvalue weighted by atomic mass is 10.4. The van der Waals surface area contributed by atoms with Gasteiger partial charge < -0.3 is 9.47 Å². The van der Waals surface area contributed by atoms with Crippen LogP contribution in [0.15, 0.2) is 0 Å². The molecule has 0 aliphatic rings. The zero-order valence-electron chi connectivity index (χ0n) is 7.31. The third-order valence-electron chi connectivity index (χ3n) is 1.30. The molecule has 1 unspecified atom stereocenters. The molecule has 71 valence electrons. The summed E-state index contributed by atoms with van der Waals surface area (Å²) >= 11 is 1.14. The Morgan fingerprint density at radius 2 is 2.54 bits per heavy atom. The zero-order valence-corrected chi connectivity index (χ0v) is 8.13. The van der Waals surface area contributed by atoms with Gasteiger partial charge in [-0.1, -0.05) is 11.3 Å².